The lowest BCUT2D eigenvalue weighted by Crippen LogP contribution is -2.60. The van der Waals surface area contributed by atoms with Crippen LogP contribution in [0.1, 0.15) is 40.0 Å². The predicted molar refractivity (Wildman–Crippen MR) is 110 cm³/mol. The van der Waals surface area contributed by atoms with Gasteiger partial charge < -0.3 is 54.7 Å². The van der Waals surface area contributed by atoms with Crippen LogP contribution in [0.5, 0.6) is 0 Å². The molecule has 0 aromatic carbocycles. The summed E-state index contributed by atoms with van der Waals surface area (Å²) in [5, 5.41) is 69.4. The van der Waals surface area contributed by atoms with Crippen LogP contribution in [-0.4, -0.2) is 116 Å². The molecule has 2 saturated heterocycles. The summed E-state index contributed by atoms with van der Waals surface area (Å²) in [6, 6.07) is 0. The molecule has 0 unspecified atom stereocenters. The van der Waals surface area contributed by atoms with Crippen molar-refractivity contribution in [2.75, 3.05) is 19.8 Å². The van der Waals surface area contributed by atoms with Crippen LogP contribution in [0, 0.1) is 0 Å². The lowest BCUT2D eigenvalue weighted by atomic mass is 9.99. The van der Waals surface area contributed by atoms with E-state index in [0.29, 0.717) is 6.42 Å². The molecular weight excluding hydrogens is 428 g/mol. The van der Waals surface area contributed by atoms with Crippen molar-refractivity contribution in [2.24, 2.45) is 0 Å². The largest absolute Gasteiger partial charge is 0.390 e. The summed E-state index contributed by atoms with van der Waals surface area (Å²) >= 11 is 0. The molecule has 0 saturated carbocycles. The van der Waals surface area contributed by atoms with E-state index in [4.69, 9.17) is 18.9 Å². The number of allylic oxidation sites excluding steroid dienone is 1. The Morgan fingerprint density at radius 3 is 2.25 bits per heavy atom. The Balaban J connectivity index is 1.84. The molecule has 0 bridgehead atoms. The molecule has 2 aliphatic rings. The second-order valence-electron chi connectivity index (χ2n) is 9.15. The highest BCUT2D eigenvalue weighted by Crippen LogP contribution is 2.24. The number of aliphatic hydroxyl groups is 7. The van der Waals surface area contributed by atoms with E-state index in [2.05, 4.69) is 0 Å². The molecule has 0 aromatic rings. The average Bonchev–Trinajstić information content (AvgIpc) is 2.71. The minimum atomic E-state index is -1.55. The Labute approximate surface area is 187 Å². The first-order chi connectivity index (χ1) is 14.9. The standard InChI is InChI=1S/C21H38O11/c1-11(5-4-7-21(2,3)28)6-8-29-20-18(27)16(25)15(24)13(32-20)10-31-19-17(26)14(23)12(22)9-30-19/h6,12-20,22-28H,4-5,7-10H2,1-3H3/b11-6+/t12-,13+,14-,15+,16-,17+,18+,19-,20+/m0/s1. The topological polar surface area (TPSA) is 179 Å². The van der Waals surface area contributed by atoms with Crippen LogP contribution in [0.2, 0.25) is 0 Å². The van der Waals surface area contributed by atoms with Gasteiger partial charge in [-0.1, -0.05) is 11.6 Å². The van der Waals surface area contributed by atoms with Crippen molar-refractivity contribution in [3.8, 4) is 0 Å². The van der Waals surface area contributed by atoms with E-state index in [1.807, 2.05) is 13.0 Å². The Bertz CT molecular complexity index is 593. The van der Waals surface area contributed by atoms with E-state index in [1.165, 1.54) is 0 Å². The smallest absolute Gasteiger partial charge is 0.187 e. The third-order valence-corrected chi connectivity index (χ3v) is 5.60. The third-order valence-electron chi connectivity index (χ3n) is 5.60. The van der Waals surface area contributed by atoms with Crippen molar-refractivity contribution in [3.05, 3.63) is 11.6 Å². The van der Waals surface area contributed by atoms with Crippen molar-refractivity contribution in [1.29, 1.82) is 0 Å². The van der Waals surface area contributed by atoms with Crippen molar-refractivity contribution in [2.45, 2.75) is 101 Å². The first-order valence-corrected chi connectivity index (χ1v) is 10.9. The number of rotatable bonds is 10. The molecule has 11 heteroatoms. The second kappa shape index (κ2) is 12.1. The minimum Gasteiger partial charge on any atom is -0.390 e. The zero-order valence-electron chi connectivity index (χ0n) is 18.8. The third kappa shape index (κ3) is 7.96. The van der Waals surface area contributed by atoms with Gasteiger partial charge in [-0.2, -0.15) is 0 Å². The fraction of sp³-hybridized carbons (Fsp3) is 0.905. The summed E-state index contributed by atoms with van der Waals surface area (Å²) in [4.78, 5) is 0. The summed E-state index contributed by atoms with van der Waals surface area (Å²) in [5.41, 5.74) is 0.311. The molecule has 2 aliphatic heterocycles. The molecule has 32 heavy (non-hydrogen) atoms. The van der Waals surface area contributed by atoms with Gasteiger partial charge in [0.2, 0.25) is 0 Å². The molecule has 0 amide bonds. The van der Waals surface area contributed by atoms with Crippen LogP contribution in [-0.2, 0) is 18.9 Å². The maximum Gasteiger partial charge on any atom is 0.187 e. The Kier molecular flexibility index (Phi) is 10.4. The van der Waals surface area contributed by atoms with Crippen LogP contribution < -0.4 is 0 Å². The Morgan fingerprint density at radius 1 is 0.938 bits per heavy atom. The monoisotopic (exact) mass is 466 g/mol. The van der Waals surface area contributed by atoms with Gasteiger partial charge in [0.15, 0.2) is 12.6 Å². The number of ether oxygens (including phenoxy) is 4. The lowest BCUT2D eigenvalue weighted by Gasteiger charge is -2.41. The maximum absolute atomic E-state index is 10.2. The highest BCUT2D eigenvalue weighted by Gasteiger charge is 2.45. The number of hydrogen-bond donors (Lipinski definition) is 7. The molecule has 0 spiro atoms. The van der Waals surface area contributed by atoms with Gasteiger partial charge >= 0.3 is 0 Å². The van der Waals surface area contributed by atoms with Gasteiger partial charge in [0.1, 0.15) is 42.7 Å². The van der Waals surface area contributed by atoms with E-state index < -0.39 is 60.9 Å². The molecule has 2 rings (SSSR count). The first kappa shape index (κ1) is 27.5. The summed E-state index contributed by atoms with van der Waals surface area (Å²) < 4.78 is 21.6. The van der Waals surface area contributed by atoms with Gasteiger partial charge in [-0.25, -0.2) is 0 Å². The normalized spacial score (nSPS) is 39.3. The van der Waals surface area contributed by atoms with Crippen LogP contribution in [0.3, 0.4) is 0 Å². The molecule has 9 atom stereocenters. The van der Waals surface area contributed by atoms with E-state index >= 15 is 0 Å². The van der Waals surface area contributed by atoms with E-state index in [0.717, 1.165) is 18.4 Å². The van der Waals surface area contributed by atoms with Crippen molar-refractivity contribution in [3.63, 3.8) is 0 Å². The Hall–Kier alpha value is -0.700. The van der Waals surface area contributed by atoms with Gasteiger partial charge in [-0.05, 0) is 40.0 Å². The molecule has 0 radical (unpaired) electrons. The zero-order valence-corrected chi connectivity index (χ0v) is 18.8. The van der Waals surface area contributed by atoms with Gasteiger partial charge in [-0.15, -0.1) is 0 Å². The van der Waals surface area contributed by atoms with E-state index in [1.54, 1.807) is 13.8 Å². The van der Waals surface area contributed by atoms with E-state index in [-0.39, 0.29) is 19.8 Å². The molecular formula is C21H38O11. The molecule has 0 aliphatic carbocycles. The molecule has 7 N–H and O–H groups in total. The summed E-state index contributed by atoms with van der Waals surface area (Å²) in [6.45, 7) is 4.95. The molecule has 11 nitrogen and oxygen atoms in total. The van der Waals surface area contributed by atoms with Crippen molar-refractivity contribution in [1.82, 2.24) is 0 Å². The fourth-order valence-electron chi connectivity index (χ4n) is 3.49. The van der Waals surface area contributed by atoms with Gasteiger partial charge in [0.05, 0.1) is 25.4 Å². The molecule has 188 valence electrons. The van der Waals surface area contributed by atoms with Crippen LogP contribution in [0.25, 0.3) is 0 Å². The fourth-order valence-corrected chi connectivity index (χ4v) is 3.49. The van der Waals surface area contributed by atoms with Gasteiger partial charge in [-0.3, -0.25) is 0 Å². The zero-order chi connectivity index (χ0) is 24.1. The van der Waals surface area contributed by atoms with Crippen LogP contribution in [0.15, 0.2) is 11.6 Å². The quantitative estimate of drug-likeness (QED) is 0.180. The minimum absolute atomic E-state index is 0.0982. The predicted octanol–water partition coefficient (Wildman–Crippen LogP) is -1.85. The van der Waals surface area contributed by atoms with Crippen LogP contribution >= 0.6 is 0 Å². The van der Waals surface area contributed by atoms with Gasteiger partial charge in [0, 0.05) is 0 Å². The number of aliphatic hydroxyl groups excluding tert-OH is 6. The molecule has 2 fully saturated rings. The van der Waals surface area contributed by atoms with Crippen molar-refractivity contribution >= 4 is 0 Å². The summed E-state index contributed by atoms with van der Waals surface area (Å²) in [7, 11) is 0. The molecule has 2 heterocycles. The van der Waals surface area contributed by atoms with Crippen LogP contribution in [0.4, 0.5) is 0 Å². The number of hydrogen-bond acceptors (Lipinski definition) is 11. The molecule has 0 aromatic heterocycles. The summed E-state index contributed by atoms with van der Waals surface area (Å²) in [6.07, 6.45) is -8.29. The highest BCUT2D eigenvalue weighted by atomic mass is 16.7. The summed E-state index contributed by atoms with van der Waals surface area (Å²) in [5.74, 6) is 0. The lowest BCUT2D eigenvalue weighted by molar-refractivity contribution is -0.319. The van der Waals surface area contributed by atoms with Gasteiger partial charge in [0.25, 0.3) is 0 Å². The maximum atomic E-state index is 10.2. The SMILES string of the molecule is C/C(=C\CO[C@@H]1O[C@H](CO[C@@H]2OC[C@H](O)[C@H](O)[C@H]2O)[C@@H](O)[C@H](O)[C@H]1O)CCCC(C)(C)O. The Morgan fingerprint density at radius 2 is 1.59 bits per heavy atom. The highest BCUT2D eigenvalue weighted by molar-refractivity contribution is 4.98. The van der Waals surface area contributed by atoms with E-state index in [9.17, 15) is 35.7 Å². The van der Waals surface area contributed by atoms with Crippen molar-refractivity contribution < 1.29 is 54.7 Å². The first-order valence-electron chi connectivity index (χ1n) is 10.9. The average molecular weight is 467 g/mol. The second-order valence-corrected chi connectivity index (χ2v) is 9.15.